The van der Waals surface area contributed by atoms with Crippen molar-refractivity contribution < 1.29 is 4.74 Å². The molecule has 0 spiro atoms. The zero-order valence-corrected chi connectivity index (χ0v) is 14.1. The number of hydrogen-bond acceptors (Lipinski definition) is 5. The fourth-order valence-corrected chi connectivity index (χ4v) is 3.38. The van der Waals surface area contributed by atoms with Crippen molar-refractivity contribution in [3.8, 4) is 5.75 Å². The molecule has 128 valence electrons. The minimum atomic E-state index is 0.255. The van der Waals surface area contributed by atoms with Crippen molar-refractivity contribution in [3.05, 3.63) is 78.3 Å². The number of allylic oxidation sites excluding steroid dienone is 1. The molecule has 0 amide bonds. The molecule has 3 unspecified atom stereocenters. The van der Waals surface area contributed by atoms with Gasteiger partial charge in [0.15, 0.2) is 0 Å². The van der Waals surface area contributed by atoms with Gasteiger partial charge < -0.3 is 20.7 Å². The number of nitrogens with zero attached hydrogens (tertiary/aromatic N) is 1. The summed E-state index contributed by atoms with van der Waals surface area (Å²) in [5, 5.41) is 10.1. The molecule has 2 aliphatic rings. The Morgan fingerprint density at radius 2 is 1.92 bits per heavy atom. The molecule has 0 fully saturated rings. The zero-order valence-electron chi connectivity index (χ0n) is 14.1. The van der Waals surface area contributed by atoms with Crippen LogP contribution in [0, 0.1) is 5.92 Å². The third-order valence-electron chi connectivity index (χ3n) is 4.69. The van der Waals surface area contributed by atoms with Crippen LogP contribution in [0.2, 0.25) is 0 Å². The Kier molecular flexibility index (Phi) is 4.29. The van der Waals surface area contributed by atoms with Crippen LogP contribution in [0.15, 0.2) is 67.0 Å². The fraction of sp³-hybridized carbons (Fsp3) is 0.250. The highest BCUT2D eigenvalue weighted by molar-refractivity contribution is 5.40. The molecule has 4 rings (SSSR count). The maximum atomic E-state index is 5.28. The second-order valence-corrected chi connectivity index (χ2v) is 6.29. The number of benzene rings is 1. The minimum absolute atomic E-state index is 0.255. The van der Waals surface area contributed by atoms with E-state index in [9.17, 15) is 0 Å². The third kappa shape index (κ3) is 3.31. The second-order valence-electron chi connectivity index (χ2n) is 6.29. The van der Waals surface area contributed by atoms with E-state index in [-0.39, 0.29) is 12.1 Å². The molecule has 25 heavy (non-hydrogen) atoms. The van der Waals surface area contributed by atoms with Gasteiger partial charge in [0.25, 0.3) is 0 Å². The molecule has 0 bridgehead atoms. The molecular formula is C20H22N4O. The lowest BCUT2D eigenvalue weighted by Gasteiger charge is -2.30. The van der Waals surface area contributed by atoms with Crippen molar-refractivity contribution in [1.29, 1.82) is 0 Å². The van der Waals surface area contributed by atoms with Gasteiger partial charge in [0.1, 0.15) is 17.7 Å². The van der Waals surface area contributed by atoms with Gasteiger partial charge in [-0.3, -0.25) is 0 Å². The molecule has 3 heterocycles. The van der Waals surface area contributed by atoms with E-state index in [4.69, 9.17) is 9.72 Å². The lowest BCUT2D eigenvalue weighted by Crippen LogP contribution is -2.43. The van der Waals surface area contributed by atoms with E-state index in [2.05, 4.69) is 46.3 Å². The molecular weight excluding hydrogens is 312 g/mol. The van der Waals surface area contributed by atoms with Crippen LogP contribution >= 0.6 is 0 Å². The summed E-state index contributed by atoms with van der Waals surface area (Å²) in [6.07, 6.45) is 8.69. The van der Waals surface area contributed by atoms with Gasteiger partial charge >= 0.3 is 0 Å². The summed E-state index contributed by atoms with van der Waals surface area (Å²) in [7, 11) is 1.68. The Morgan fingerprint density at radius 1 is 1.08 bits per heavy atom. The molecule has 0 saturated heterocycles. The number of aromatic nitrogens is 1. The molecule has 0 radical (unpaired) electrons. The van der Waals surface area contributed by atoms with Crippen LogP contribution in [0.5, 0.6) is 5.75 Å². The van der Waals surface area contributed by atoms with E-state index in [1.54, 1.807) is 7.11 Å². The van der Waals surface area contributed by atoms with Crippen LogP contribution < -0.4 is 20.7 Å². The van der Waals surface area contributed by atoms with Gasteiger partial charge in [0.05, 0.1) is 12.8 Å². The van der Waals surface area contributed by atoms with Gasteiger partial charge in [0, 0.05) is 18.4 Å². The van der Waals surface area contributed by atoms with E-state index in [0.29, 0.717) is 12.5 Å². The predicted octanol–water partition coefficient (Wildman–Crippen LogP) is 2.96. The molecule has 2 aromatic rings. The summed E-state index contributed by atoms with van der Waals surface area (Å²) in [5.74, 6) is 2.41. The number of nitrogens with one attached hydrogen (secondary N) is 3. The summed E-state index contributed by atoms with van der Waals surface area (Å²) in [4.78, 5) is 4.83. The molecule has 1 aromatic carbocycles. The van der Waals surface area contributed by atoms with E-state index < -0.39 is 0 Å². The number of fused-ring (bicyclic) bond motifs is 1. The van der Waals surface area contributed by atoms with E-state index in [1.165, 1.54) is 0 Å². The van der Waals surface area contributed by atoms with Gasteiger partial charge in [0.2, 0.25) is 0 Å². The number of pyridine rings is 1. The first-order valence-electron chi connectivity index (χ1n) is 8.53. The summed E-state index contributed by atoms with van der Waals surface area (Å²) in [6.45, 7) is 0.712. The van der Waals surface area contributed by atoms with E-state index in [1.807, 2.05) is 36.7 Å². The normalized spacial score (nSPS) is 23.5. The van der Waals surface area contributed by atoms with Crippen LogP contribution in [0.25, 0.3) is 0 Å². The Balaban J connectivity index is 1.48. The highest BCUT2D eigenvalue weighted by Gasteiger charge is 2.32. The van der Waals surface area contributed by atoms with Gasteiger partial charge in [-0.25, -0.2) is 4.98 Å². The first-order valence-corrected chi connectivity index (χ1v) is 8.53. The van der Waals surface area contributed by atoms with Crippen LogP contribution in [0.4, 0.5) is 5.82 Å². The lowest BCUT2D eigenvalue weighted by atomic mass is 9.86. The molecule has 1 aromatic heterocycles. The number of hydrogen-bond donors (Lipinski definition) is 3. The van der Waals surface area contributed by atoms with Crippen molar-refractivity contribution in [2.75, 3.05) is 12.4 Å². The average molecular weight is 334 g/mol. The molecule has 0 saturated carbocycles. The van der Waals surface area contributed by atoms with Gasteiger partial charge in [-0.2, -0.15) is 0 Å². The highest BCUT2D eigenvalue weighted by Crippen LogP contribution is 2.33. The Labute approximate surface area is 147 Å². The van der Waals surface area contributed by atoms with Crippen molar-refractivity contribution in [2.45, 2.75) is 18.6 Å². The third-order valence-corrected chi connectivity index (χ3v) is 4.69. The average Bonchev–Trinajstić information content (AvgIpc) is 3.15. The highest BCUT2D eigenvalue weighted by atomic mass is 16.5. The first-order chi connectivity index (χ1) is 12.3. The largest absolute Gasteiger partial charge is 0.497 e. The van der Waals surface area contributed by atoms with E-state index in [0.717, 1.165) is 22.8 Å². The quantitative estimate of drug-likeness (QED) is 0.785. The molecule has 3 N–H and O–H groups in total. The van der Waals surface area contributed by atoms with E-state index >= 15 is 0 Å². The minimum Gasteiger partial charge on any atom is -0.497 e. The molecule has 0 aliphatic carbocycles. The molecule has 2 aliphatic heterocycles. The van der Waals surface area contributed by atoms with Crippen molar-refractivity contribution in [3.63, 3.8) is 0 Å². The smallest absolute Gasteiger partial charge is 0.126 e. The summed E-state index contributed by atoms with van der Waals surface area (Å²) < 4.78 is 5.28. The maximum Gasteiger partial charge on any atom is 0.126 e. The van der Waals surface area contributed by atoms with Gasteiger partial charge in [-0.1, -0.05) is 30.4 Å². The first kappa shape index (κ1) is 15.6. The maximum absolute atomic E-state index is 5.28. The SMILES string of the molecule is COc1cccc(CNc2cccc(C3C=CNC4NC=CC43)n2)c1. The fourth-order valence-electron chi connectivity index (χ4n) is 3.38. The zero-order chi connectivity index (χ0) is 17.1. The Morgan fingerprint density at radius 3 is 2.80 bits per heavy atom. The second kappa shape index (κ2) is 6.89. The number of ether oxygens (including phenoxy) is 1. The van der Waals surface area contributed by atoms with Gasteiger partial charge in [-0.05, 0) is 42.2 Å². The summed E-state index contributed by atoms with van der Waals surface area (Å²) >= 11 is 0. The number of anilines is 1. The molecule has 3 atom stereocenters. The number of methoxy groups -OCH3 is 1. The Bertz CT molecular complexity index is 802. The van der Waals surface area contributed by atoms with Crippen molar-refractivity contribution in [1.82, 2.24) is 15.6 Å². The van der Waals surface area contributed by atoms with Crippen LogP contribution in [-0.4, -0.2) is 18.3 Å². The predicted molar refractivity (Wildman–Crippen MR) is 99.1 cm³/mol. The van der Waals surface area contributed by atoms with Crippen molar-refractivity contribution in [2.24, 2.45) is 5.92 Å². The lowest BCUT2D eigenvalue weighted by molar-refractivity contribution is 0.390. The topological polar surface area (TPSA) is 58.2 Å². The molecule has 5 heteroatoms. The summed E-state index contributed by atoms with van der Waals surface area (Å²) in [5.41, 5.74) is 2.24. The van der Waals surface area contributed by atoms with Crippen LogP contribution in [-0.2, 0) is 6.54 Å². The monoisotopic (exact) mass is 334 g/mol. The summed E-state index contributed by atoms with van der Waals surface area (Å²) in [6, 6.07) is 14.2. The van der Waals surface area contributed by atoms with Crippen molar-refractivity contribution >= 4 is 5.82 Å². The standard InChI is InChI=1S/C20H22N4O/c1-25-15-5-2-4-14(12-15)13-23-19-7-3-6-18(24-19)16-8-10-21-20-17(16)9-11-22-20/h2-12,16-17,20-22H,13H2,1H3,(H,23,24). The van der Waals surface area contributed by atoms with Crippen LogP contribution in [0.1, 0.15) is 17.2 Å². The number of rotatable bonds is 5. The molecule has 5 nitrogen and oxygen atoms in total. The van der Waals surface area contributed by atoms with Gasteiger partial charge in [-0.15, -0.1) is 0 Å². The van der Waals surface area contributed by atoms with Crippen LogP contribution in [0.3, 0.4) is 0 Å². The Hall–Kier alpha value is -2.95.